The van der Waals surface area contributed by atoms with Gasteiger partial charge in [0.15, 0.2) is 0 Å². The van der Waals surface area contributed by atoms with Gasteiger partial charge in [-0.05, 0) is 59.5 Å². The number of rotatable bonds is 3. The predicted octanol–water partition coefficient (Wildman–Crippen LogP) is 5.97. The molecule has 1 fully saturated rings. The quantitative estimate of drug-likeness (QED) is 0.554. The Balaban J connectivity index is 2.10. The van der Waals surface area contributed by atoms with Crippen molar-refractivity contribution in [2.75, 3.05) is 14.2 Å². The number of hydrogen-bond donors (Lipinski definition) is 0. The molecular formula is C22H22O2. The van der Waals surface area contributed by atoms with Crippen molar-refractivity contribution in [2.45, 2.75) is 25.7 Å². The van der Waals surface area contributed by atoms with E-state index >= 15 is 0 Å². The van der Waals surface area contributed by atoms with E-state index in [-0.39, 0.29) is 0 Å². The van der Waals surface area contributed by atoms with Crippen LogP contribution in [-0.2, 0) is 0 Å². The third-order valence-electron chi connectivity index (χ3n) is 4.99. The molecule has 3 aromatic rings. The summed E-state index contributed by atoms with van der Waals surface area (Å²) in [4.78, 5) is 0. The molecule has 0 amide bonds. The van der Waals surface area contributed by atoms with Gasteiger partial charge in [0.1, 0.15) is 11.5 Å². The summed E-state index contributed by atoms with van der Waals surface area (Å²) in [5, 5.41) is 4.86. The van der Waals surface area contributed by atoms with Crippen molar-refractivity contribution in [3.8, 4) is 11.5 Å². The number of ether oxygens (including phenoxy) is 2. The number of benzene rings is 3. The van der Waals surface area contributed by atoms with Gasteiger partial charge in [-0.25, -0.2) is 0 Å². The fraction of sp³-hybridized carbons (Fsp3) is 0.273. The van der Waals surface area contributed by atoms with Crippen molar-refractivity contribution in [1.82, 2.24) is 0 Å². The Morgan fingerprint density at radius 1 is 0.875 bits per heavy atom. The molecule has 1 saturated carbocycles. The van der Waals surface area contributed by atoms with Crippen molar-refractivity contribution >= 4 is 27.6 Å². The summed E-state index contributed by atoms with van der Waals surface area (Å²) in [5.41, 5.74) is 2.80. The monoisotopic (exact) mass is 318 g/mol. The molecule has 122 valence electrons. The summed E-state index contributed by atoms with van der Waals surface area (Å²) in [5.74, 6) is 1.70. The predicted molar refractivity (Wildman–Crippen MR) is 101 cm³/mol. The van der Waals surface area contributed by atoms with E-state index in [9.17, 15) is 0 Å². The third kappa shape index (κ3) is 2.52. The van der Waals surface area contributed by atoms with Crippen LogP contribution in [0.5, 0.6) is 11.5 Å². The Kier molecular flexibility index (Phi) is 3.89. The molecule has 0 atom stereocenters. The van der Waals surface area contributed by atoms with E-state index in [4.69, 9.17) is 9.47 Å². The molecule has 0 heterocycles. The zero-order valence-corrected chi connectivity index (χ0v) is 14.3. The Morgan fingerprint density at radius 2 is 1.67 bits per heavy atom. The summed E-state index contributed by atoms with van der Waals surface area (Å²) < 4.78 is 11.2. The maximum atomic E-state index is 5.71. The molecule has 0 aliphatic heterocycles. The molecule has 0 N–H and O–H groups in total. The largest absolute Gasteiger partial charge is 0.497 e. The van der Waals surface area contributed by atoms with E-state index in [1.54, 1.807) is 19.8 Å². The van der Waals surface area contributed by atoms with Gasteiger partial charge in [0.2, 0.25) is 0 Å². The summed E-state index contributed by atoms with van der Waals surface area (Å²) in [6.45, 7) is 0. The summed E-state index contributed by atoms with van der Waals surface area (Å²) >= 11 is 0. The van der Waals surface area contributed by atoms with E-state index < -0.39 is 0 Å². The Bertz CT molecular complexity index is 930. The molecule has 0 saturated heterocycles. The van der Waals surface area contributed by atoms with Crippen molar-refractivity contribution in [3.05, 3.63) is 53.6 Å². The smallest absolute Gasteiger partial charge is 0.131 e. The molecule has 0 spiro atoms. The van der Waals surface area contributed by atoms with E-state index in [1.165, 1.54) is 52.8 Å². The highest BCUT2D eigenvalue weighted by Gasteiger charge is 2.14. The molecule has 4 rings (SSSR count). The molecule has 0 radical (unpaired) electrons. The fourth-order valence-corrected chi connectivity index (χ4v) is 3.79. The molecule has 1 aliphatic carbocycles. The van der Waals surface area contributed by atoms with Crippen molar-refractivity contribution in [2.24, 2.45) is 0 Å². The van der Waals surface area contributed by atoms with Crippen LogP contribution in [0.4, 0.5) is 0 Å². The van der Waals surface area contributed by atoms with E-state index in [0.29, 0.717) is 0 Å². The van der Waals surface area contributed by atoms with Crippen molar-refractivity contribution < 1.29 is 9.47 Å². The second-order valence-electron chi connectivity index (χ2n) is 6.45. The number of allylic oxidation sites excluding steroid dienone is 1. The van der Waals surface area contributed by atoms with Gasteiger partial charge in [0, 0.05) is 11.5 Å². The van der Waals surface area contributed by atoms with Crippen LogP contribution < -0.4 is 9.47 Å². The molecule has 1 aliphatic rings. The highest BCUT2D eigenvalue weighted by Crippen LogP contribution is 2.40. The van der Waals surface area contributed by atoms with Crippen LogP contribution in [0.15, 0.2) is 48.0 Å². The number of fused-ring (bicyclic) bond motifs is 3. The molecule has 24 heavy (non-hydrogen) atoms. The van der Waals surface area contributed by atoms with Crippen LogP contribution in [0.25, 0.3) is 27.6 Å². The van der Waals surface area contributed by atoms with Gasteiger partial charge in [-0.1, -0.05) is 35.9 Å². The minimum Gasteiger partial charge on any atom is -0.497 e. The lowest BCUT2D eigenvalue weighted by Crippen LogP contribution is -1.92. The third-order valence-corrected chi connectivity index (χ3v) is 4.99. The van der Waals surface area contributed by atoms with E-state index in [0.717, 1.165) is 11.5 Å². The van der Waals surface area contributed by atoms with Crippen LogP contribution in [-0.4, -0.2) is 14.2 Å². The second-order valence-corrected chi connectivity index (χ2v) is 6.45. The van der Waals surface area contributed by atoms with Crippen LogP contribution >= 0.6 is 0 Å². The second kappa shape index (κ2) is 6.20. The van der Waals surface area contributed by atoms with Crippen LogP contribution in [0.1, 0.15) is 31.2 Å². The lowest BCUT2D eigenvalue weighted by Gasteiger charge is -2.14. The zero-order valence-electron chi connectivity index (χ0n) is 14.3. The van der Waals surface area contributed by atoms with Crippen LogP contribution in [0.3, 0.4) is 0 Å². The van der Waals surface area contributed by atoms with Crippen LogP contribution in [0, 0.1) is 0 Å². The van der Waals surface area contributed by atoms with Crippen LogP contribution in [0.2, 0.25) is 0 Å². The fourth-order valence-electron chi connectivity index (χ4n) is 3.79. The van der Waals surface area contributed by atoms with Gasteiger partial charge in [-0.2, -0.15) is 0 Å². The maximum Gasteiger partial charge on any atom is 0.131 e. The van der Waals surface area contributed by atoms with Crippen molar-refractivity contribution in [3.63, 3.8) is 0 Å². The molecule has 2 nitrogen and oxygen atoms in total. The molecule has 0 aromatic heterocycles. The Hall–Kier alpha value is -2.48. The molecule has 3 aromatic carbocycles. The molecule has 0 unspecified atom stereocenters. The number of hydrogen-bond acceptors (Lipinski definition) is 2. The lowest BCUT2D eigenvalue weighted by molar-refractivity contribution is 0.398. The minimum absolute atomic E-state index is 0.829. The van der Waals surface area contributed by atoms with Gasteiger partial charge >= 0.3 is 0 Å². The van der Waals surface area contributed by atoms with E-state index in [1.807, 2.05) is 6.07 Å². The minimum atomic E-state index is 0.829. The summed E-state index contributed by atoms with van der Waals surface area (Å²) in [6, 6.07) is 14.9. The Labute approximate surface area is 142 Å². The molecular weight excluding hydrogens is 296 g/mol. The van der Waals surface area contributed by atoms with Crippen molar-refractivity contribution in [1.29, 1.82) is 0 Å². The first-order valence-electron chi connectivity index (χ1n) is 8.57. The Morgan fingerprint density at radius 3 is 2.42 bits per heavy atom. The SMILES string of the molecule is COc1cc(OC)c2c(C=C3CCCC3)cc3ccccc3c2c1. The lowest BCUT2D eigenvalue weighted by atomic mass is 9.95. The van der Waals surface area contributed by atoms with Gasteiger partial charge in [-0.15, -0.1) is 0 Å². The molecule has 2 heteroatoms. The van der Waals surface area contributed by atoms with E-state index in [2.05, 4.69) is 42.5 Å². The van der Waals surface area contributed by atoms with Gasteiger partial charge in [0.25, 0.3) is 0 Å². The first-order valence-corrected chi connectivity index (χ1v) is 8.57. The zero-order chi connectivity index (χ0) is 16.5. The average molecular weight is 318 g/mol. The van der Waals surface area contributed by atoms with Gasteiger partial charge < -0.3 is 9.47 Å². The highest BCUT2D eigenvalue weighted by molar-refractivity contribution is 6.13. The standard InChI is InChI=1S/C22H22O2/c1-23-18-13-20-19-10-6-5-9-16(19)12-17(11-15-7-3-4-8-15)22(20)21(14-18)24-2/h5-6,9-14H,3-4,7-8H2,1-2H3. The maximum absolute atomic E-state index is 5.71. The first-order chi connectivity index (χ1) is 11.8. The summed E-state index contributed by atoms with van der Waals surface area (Å²) in [7, 11) is 3.43. The topological polar surface area (TPSA) is 18.5 Å². The summed E-state index contributed by atoms with van der Waals surface area (Å²) in [6.07, 6.45) is 7.42. The number of methoxy groups -OCH3 is 2. The van der Waals surface area contributed by atoms with Gasteiger partial charge in [-0.3, -0.25) is 0 Å². The average Bonchev–Trinajstić information content (AvgIpc) is 3.13. The van der Waals surface area contributed by atoms with Gasteiger partial charge in [0.05, 0.1) is 14.2 Å². The normalized spacial score (nSPS) is 14.3. The first kappa shape index (κ1) is 15.1. The highest BCUT2D eigenvalue weighted by atomic mass is 16.5. The molecule has 0 bridgehead atoms.